The molecule has 0 fully saturated rings. The SMILES string of the molecule is CCn1c(-c2ccc(C)c3c2oc2nc(C)ccc23)nc2ccc3nc(C)ccc3c21. The van der Waals surface area contributed by atoms with Gasteiger partial charge in [0, 0.05) is 34.1 Å². The zero-order chi connectivity index (χ0) is 21.3. The molecule has 4 heterocycles. The molecule has 152 valence electrons. The Morgan fingerprint density at radius 3 is 2.32 bits per heavy atom. The molecule has 6 rings (SSSR count). The number of aromatic nitrogens is 4. The maximum absolute atomic E-state index is 6.32. The van der Waals surface area contributed by atoms with E-state index in [2.05, 4.69) is 65.9 Å². The number of pyridine rings is 2. The van der Waals surface area contributed by atoms with Crippen molar-refractivity contribution in [1.82, 2.24) is 19.5 Å². The Morgan fingerprint density at radius 2 is 1.52 bits per heavy atom. The second-order valence-electron chi connectivity index (χ2n) is 8.17. The molecule has 0 aliphatic rings. The van der Waals surface area contributed by atoms with E-state index in [1.807, 2.05) is 19.9 Å². The molecule has 0 aliphatic heterocycles. The molecule has 5 nitrogen and oxygen atoms in total. The molecule has 31 heavy (non-hydrogen) atoms. The van der Waals surface area contributed by atoms with Gasteiger partial charge < -0.3 is 8.98 Å². The van der Waals surface area contributed by atoms with Crippen LogP contribution >= 0.6 is 0 Å². The van der Waals surface area contributed by atoms with Crippen LogP contribution in [-0.4, -0.2) is 19.5 Å². The number of nitrogens with zero attached hydrogens (tertiary/aromatic N) is 4. The third kappa shape index (κ3) is 2.53. The van der Waals surface area contributed by atoms with Crippen LogP contribution in [-0.2, 0) is 6.54 Å². The Bertz CT molecular complexity index is 1660. The average molecular weight is 406 g/mol. The number of aryl methyl sites for hydroxylation is 4. The Kier molecular flexibility index (Phi) is 3.72. The smallest absolute Gasteiger partial charge is 0.227 e. The summed E-state index contributed by atoms with van der Waals surface area (Å²) in [5.74, 6) is 0.909. The predicted molar refractivity (Wildman–Crippen MR) is 125 cm³/mol. The fraction of sp³-hybridized carbons (Fsp3) is 0.192. The first-order chi connectivity index (χ1) is 15.0. The largest absolute Gasteiger partial charge is 0.437 e. The lowest BCUT2D eigenvalue weighted by Gasteiger charge is -2.09. The molecule has 5 heteroatoms. The predicted octanol–water partition coefficient (Wildman–Crippen LogP) is 6.49. The number of benzene rings is 2. The summed E-state index contributed by atoms with van der Waals surface area (Å²) in [5, 5.41) is 3.27. The number of imidazole rings is 1. The normalized spacial score (nSPS) is 12.0. The van der Waals surface area contributed by atoms with E-state index < -0.39 is 0 Å². The highest BCUT2D eigenvalue weighted by Gasteiger charge is 2.21. The monoisotopic (exact) mass is 406 g/mol. The van der Waals surface area contributed by atoms with Crippen LogP contribution < -0.4 is 0 Å². The van der Waals surface area contributed by atoms with E-state index in [1.54, 1.807) is 0 Å². The molecule has 0 radical (unpaired) electrons. The van der Waals surface area contributed by atoms with Crippen LogP contribution in [0.2, 0.25) is 0 Å². The highest BCUT2D eigenvalue weighted by atomic mass is 16.3. The van der Waals surface area contributed by atoms with Gasteiger partial charge in [0.2, 0.25) is 5.71 Å². The van der Waals surface area contributed by atoms with Crippen LogP contribution in [0.4, 0.5) is 0 Å². The molecule has 0 aliphatic carbocycles. The van der Waals surface area contributed by atoms with E-state index in [0.29, 0.717) is 5.71 Å². The molecule has 4 aromatic heterocycles. The van der Waals surface area contributed by atoms with Gasteiger partial charge in [-0.25, -0.2) is 9.97 Å². The van der Waals surface area contributed by atoms with Crippen molar-refractivity contribution in [2.45, 2.75) is 34.2 Å². The summed E-state index contributed by atoms with van der Waals surface area (Å²) in [5.41, 5.74) is 8.71. The van der Waals surface area contributed by atoms with E-state index in [4.69, 9.17) is 14.4 Å². The lowest BCUT2D eigenvalue weighted by Crippen LogP contribution is -1.99. The topological polar surface area (TPSA) is 56.7 Å². The molecular weight excluding hydrogens is 384 g/mol. The van der Waals surface area contributed by atoms with Crippen LogP contribution in [0, 0.1) is 20.8 Å². The fourth-order valence-electron chi connectivity index (χ4n) is 4.64. The van der Waals surface area contributed by atoms with Gasteiger partial charge in [-0.1, -0.05) is 6.07 Å². The fourth-order valence-corrected chi connectivity index (χ4v) is 4.64. The van der Waals surface area contributed by atoms with Gasteiger partial charge in [-0.05, 0) is 75.7 Å². The standard InChI is InChI=1S/C26H22N4O/c1-5-30-23-17-10-7-15(3)27-20(17)12-13-21(23)29-25(30)19-9-6-14(2)22-18-11-8-16(4)28-26(18)31-24(19)22/h6-13H,5H2,1-4H3. The number of furan rings is 1. The van der Waals surface area contributed by atoms with Gasteiger partial charge in [-0.3, -0.25) is 4.98 Å². The van der Waals surface area contributed by atoms with Crippen molar-refractivity contribution in [3.63, 3.8) is 0 Å². The van der Waals surface area contributed by atoms with Gasteiger partial charge in [0.25, 0.3) is 0 Å². The number of fused-ring (bicyclic) bond motifs is 6. The molecule has 2 aromatic carbocycles. The van der Waals surface area contributed by atoms with Gasteiger partial charge in [-0.15, -0.1) is 0 Å². The molecule has 0 atom stereocenters. The Morgan fingerprint density at radius 1 is 0.774 bits per heavy atom. The van der Waals surface area contributed by atoms with Gasteiger partial charge in [0.05, 0.1) is 22.1 Å². The molecule has 0 unspecified atom stereocenters. The minimum Gasteiger partial charge on any atom is -0.437 e. The zero-order valence-corrected chi connectivity index (χ0v) is 18.0. The van der Waals surface area contributed by atoms with Crippen molar-refractivity contribution in [3.8, 4) is 11.4 Å². The first kappa shape index (κ1) is 18.1. The molecule has 0 bridgehead atoms. The van der Waals surface area contributed by atoms with Crippen LogP contribution in [0.25, 0.3) is 55.4 Å². The van der Waals surface area contributed by atoms with Crippen molar-refractivity contribution in [2.75, 3.05) is 0 Å². The van der Waals surface area contributed by atoms with E-state index in [-0.39, 0.29) is 0 Å². The first-order valence-electron chi connectivity index (χ1n) is 10.6. The minimum atomic E-state index is 0.676. The van der Waals surface area contributed by atoms with Gasteiger partial charge >= 0.3 is 0 Å². The number of rotatable bonds is 2. The average Bonchev–Trinajstić information content (AvgIpc) is 3.32. The zero-order valence-electron chi connectivity index (χ0n) is 18.0. The third-order valence-corrected chi connectivity index (χ3v) is 6.10. The molecule has 0 spiro atoms. The van der Waals surface area contributed by atoms with Crippen molar-refractivity contribution >= 4 is 44.0 Å². The molecule has 0 saturated carbocycles. The van der Waals surface area contributed by atoms with Gasteiger partial charge in [0.15, 0.2) is 0 Å². The number of hydrogen-bond donors (Lipinski definition) is 0. The maximum atomic E-state index is 6.32. The maximum Gasteiger partial charge on any atom is 0.227 e. The number of hydrogen-bond acceptors (Lipinski definition) is 4. The third-order valence-electron chi connectivity index (χ3n) is 6.10. The van der Waals surface area contributed by atoms with Crippen LogP contribution in [0.5, 0.6) is 0 Å². The summed E-state index contributed by atoms with van der Waals surface area (Å²) >= 11 is 0. The van der Waals surface area contributed by atoms with E-state index in [1.165, 1.54) is 5.56 Å². The van der Waals surface area contributed by atoms with E-state index >= 15 is 0 Å². The van der Waals surface area contributed by atoms with Crippen molar-refractivity contribution < 1.29 is 4.42 Å². The lowest BCUT2D eigenvalue weighted by atomic mass is 10.0. The Labute approximate surface area is 179 Å². The van der Waals surface area contributed by atoms with Crippen LogP contribution in [0.15, 0.2) is 52.9 Å². The van der Waals surface area contributed by atoms with Crippen molar-refractivity contribution in [2.24, 2.45) is 0 Å². The molecule has 0 saturated heterocycles. The minimum absolute atomic E-state index is 0.676. The molecular formula is C26H22N4O. The van der Waals surface area contributed by atoms with Crippen molar-refractivity contribution in [1.29, 1.82) is 0 Å². The second-order valence-corrected chi connectivity index (χ2v) is 8.17. The van der Waals surface area contributed by atoms with Crippen LogP contribution in [0.3, 0.4) is 0 Å². The van der Waals surface area contributed by atoms with Gasteiger partial charge in [-0.2, -0.15) is 0 Å². The van der Waals surface area contributed by atoms with Crippen molar-refractivity contribution in [3.05, 3.63) is 65.5 Å². The van der Waals surface area contributed by atoms with E-state index in [9.17, 15) is 0 Å². The highest BCUT2D eigenvalue weighted by molar-refractivity contribution is 6.11. The summed E-state index contributed by atoms with van der Waals surface area (Å²) in [4.78, 5) is 14.4. The Balaban J connectivity index is 1.73. The Hall–Kier alpha value is -3.73. The van der Waals surface area contributed by atoms with E-state index in [0.717, 1.165) is 67.6 Å². The summed E-state index contributed by atoms with van der Waals surface area (Å²) in [7, 11) is 0. The quantitative estimate of drug-likeness (QED) is 0.330. The summed E-state index contributed by atoms with van der Waals surface area (Å²) in [6, 6.07) is 16.7. The van der Waals surface area contributed by atoms with Crippen LogP contribution in [0.1, 0.15) is 23.9 Å². The highest BCUT2D eigenvalue weighted by Crippen LogP contribution is 2.38. The summed E-state index contributed by atoms with van der Waals surface area (Å²) in [6.45, 7) is 9.07. The molecule has 0 amide bonds. The lowest BCUT2D eigenvalue weighted by molar-refractivity contribution is 0.652. The summed E-state index contributed by atoms with van der Waals surface area (Å²) < 4.78 is 8.59. The summed E-state index contributed by atoms with van der Waals surface area (Å²) in [6.07, 6.45) is 0. The van der Waals surface area contributed by atoms with Gasteiger partial charge in [0.1, 0.15) is 11.4 Å². The molecule has 0 N–H and O–H groups in total. The first-order valence-corrected chi connectivity index (χ1v) is 10.6. The second kappa shape index (κ2) is 6.38. The molecule has 6 aromatic rings.